The molecule has 2 N–H and O–H groups in total. The predicted molar refractivity (Wildman–Crippen MR) is 96.0 cm³/mol. The lowest BCUT2D eigenvalue weighted by Crippen LogP contribution is -2.22. The Bertz CT molecular complexity index is 924. The number of hydrogen-bond donors (Lipinski definition) is 2. The number of aryl methyl sites for hydroxylation is 1. The maximum absolute atomic E-state index is 12.3. The van der Waals surface area contributed by atoms with Gasteiger partial charge in [0.2, 0.25) is 5.69 Å². The van der Waals surface area contributed by atoms with Crippen LogP contribution < -0.4 is 5.43 Å². The molecule has 2 aromatic carbocycles. The molecule has 0 aliphatic heterocycles. The lowest BCUT2D eigenvalue weighted by Gasteiger charge is -2.07. The SMILES string of the molecule is Cc1[nH]nc(C(=O)NN=C(c2ccccc2)c2ccccc2)c1[N+](=O)[O-]. The molecular weight excluding hydrogens is 334 g/mol. The number of rotatable bonds is 5. The van der Waals surface area contributed by atoms with Crippen LogP contribution in [-0.2, 0) is 0 Å². The highest BCUT2D eigenvalue weighted by Crippen LogP contribution is 2.20. The zero-order valence-corrected chi connectivity index (χ0v) is 13.8. The highest BCUT2D eigenvalue weighted by molar-refractivity contribution is 6.13. The predicted octanol–water partition coefficient (Wildman–Crippen LogP) is 2.81. The number of nitro groups is 1. The van der Waals surface area contributed by atoms with Crippen molar-refractivity contribution in [1.29, 1.82) is 0 Å². The number of benzene rings is 2. The summed E-state index contributed by atoms with van der Waals surface area (Å²) in [5.41, 5.74) is 4.03. The van der Waals surface area contributed by atoms with Crippen LogP contribution in [0.5, 0.6) is 0 Å². The molecule has 0 spiro atoms. The van der Waals surface area contributed by atoms with Gasteiger partial charge in [-0.2, -0.15) is 10.2 Å². The Morgan fingerprint density at radius 3 is 2.12 bits per heavy atom. The van der Waals surface area contributed by atoms with Crippen LogP contribution in [-0.4, -0.2) is 26.7 Å². The molecule has 1 aromatic heterocycles. The average Bonchev–Trinajstić information content (AvgIpc) is 3.05. The van der Waals surface area contributed by atoms with Gasteiger partial charge in [0.15, 0.2) is 0 Å². The quantitative estimate of drug-likeness (QED) is 0.419. The number of carbonyl (C=O) groups excluding carboxylic acids is 1. The first-order chi connectivity index (χ1) is 12.6. The maximum atomic E-state index is 12.3. The molecule has 8 nitrogen and oxygen atoms in total. The first-order valence-electron chi connectivity index (χ1n) is 7.76. The zero-order chi connectivity index (χ0) is 18.5. The first kappa shape index (κ1) is 17.0. The van der Waals surface area contributed by atoms with E-state index in [-0.39, 0.29) is 17.1 Å². The summed E-state index contributed by atoms with van der Waals surface area (Å²) in [5.74, 6) is -0.759. The summed E-state index contributed by atoms with van der Waals surface area (Å²) in [4.78, 5) is 22.8. The molecule has 0 aliphatic carbocycles. The molecule has 0 radical (unpaired) electrons. The van der Waals surface area contributed by atoms with Crippen LogP contribution in [0.25, 0.3) is 0 Å². The van der Waals surface area contributed by atoms with Crippen LogP contribution in [0, 0.1) is 17.0 Å². The Morgan fingerprint density at radius 2 is 1.62 bits per heavy atom. The number of H-pyrrole nitrogens is 1. The summed E-state index contributed by atoms with van der Waals surface area (Å²) in [6.07, 6.45) is 0. The van der Waals surface area contributed by atoms with Crippen LogP contribution >= 0.6 is 0 Å². The van der Waals surface area contributed by atoms with E-state index in [1.54, 1.807) is 0 Å². The van der Waals surface area contributed by atoms with E-state index in [1.807, 2.05) is 60.7 Å². The van der Waals surface area contributed by atoms with Crippen molar-refractivity contribution < 1.29 is 9.72 Å². The maximum Gasteiger partial charge on any atom is 0.322 e. The summed E-state index contributed by atoms with van der Waals surface area (Å²) >= 11 is 0. The van der Waals surface area contributed by atoms with Crippen molar-refractivity contribution in [3.8, 4) is 0 Å². The molecule has 0 bridgehead atoms. The number of aromatic amines is 1. The van der Waals surface area contributed by atoms with Crippen LogP contribution in [0.1, 0.15) is 27.3 Å². The summed E-state index contributed by atoms with van der Waals surface area (Å²) in [7, 11) is 0. The van der Waals surface area contributed by atoms with Crippen molar-refractivity contribution in [1.82, 2.24) is 15.6 Å². The first-order valence-corrected chi connectivity index (χ1v) is 7.76. The smallest absolute Gasteiger partial charge is 0.275 e. The Kier molecular flexibility index (Phi) is 4.84. The fourth-order valence-corrected chi connectivity index (χ4v) is 2.45. The molecule has 26 heavy (non-hydrogen) atoms. The molecule has 1 heterocycles. The van der Waals surface area contributed by atoms with Crippen molar-refractivity contribution in [3.63, 3.8) is 0 Å². The van der Waals surface area contributed by atoms with Gasteiger partial charge in [0, 0.05) is 11.1 Å². The highest BCUT2D eigenvalue weighted by atomic mass is 16.6. The van der Waals surface area contributed by atoms with Crippen LogP contribution in [0.4, 0.5) is 5.69 Å². The molecule has 8 heteroatoms. The van der Waals surface area contributed by atoms with E-state index in [0.29, 0.717) is 5.71 Å². The van der Waals surface area contributed by atoms with E-state index in [9.17, 15) is 14.9 Å². The highest BCUT2D eigenvalue weighted by Gasteiger charge is 2.27. The number of carbonyl (C=O) groups is 1. The third-order valence-corrected chi connectivity index (χ3v) is 3.68. The Labute approximate surface area is 148 Å². The largest absolute Gasteiger partial charge is 0.322 e. The Morgan fingerprint density at radius 1 is 1.08 bits per heavy atom. The fraction of sp³-hybridized carbons (Fsp3) is 0.0556. The average molecular weight is 349 g/mol. The normalized spacial score (nSPS) is 10.2. The third-order valence-electron chi connectivity index (χ3n) is 3.68. The number of aromatic nitrogens is 2. The molecular formula is C18H15N5O3. The van der Waals surface area contributed by atoms with Gasteiger partial charge in [0.1, 0.15) is 5.69 Å². The minimum absolute atomic E-state index is 0.204. The second kappa shape index (κ2) is 7.39. The second-order valence-electron chi connectivity index (χ2n) is 5.44. The molecule has 0 fully saturated rings. The lowest BCUT2D eigenvalue weighted by atomic mass is 10.0. The van der Waals surface area contributed by atoms with Crippen molar-refractivity contribution >= 4 is 17.3 Å². The molecule has 0 saturated heterocycles. The third kappa shape index (κ3) is 3.48. The second-order valence-corrected chi connectivity index (χ2v) is 5.44. The van der Waals surface area contributed by atoms with E-state index in [1.165, 1.54) is 6.92 Å². The van der Waals surface area contributed by atoms with Gasteiger partial charge in [0.05, 0.1) is 10.6 Å². The summed E-state index contributed by atoms with van der Waals surface area (Å²) in [6, 6.07) is 18.6. The van der Waals surface area contributed by atoms with E-state index in [0.717, 1.165) is 11.1 Å². The van der Waals surface area contributed by atoms with Crippen molar-refractivity contribution in [2.24, 2.45) is 5.10 Å². The number of nitrogens with zero attached hydrogens (tertiary/aromatic N) is 3. The number of hydrogen-bond acceptors (Lipinski definition) is 5. The van der Waals surface area contributed by atoms with E-state index < -0.39 is 10.8 Å². The van der Waals surface area contributed by atoms with Crippen LogP contribution in [0.15, 0.2) is 65.8 Å². The van der Waals surface area contributed by atoms with Gasteiger partial charge in [0.25, 0.3) is 5.91 Å². The Balaban J connectivity index is 1.95. The van der Waals surface area contributed by atoms with E-state index >= 15 is 0 Å². The van der Waals surface area contributed by atoms with E-state index in [4.69, 9.17) is 0 Å². The number of amides is 1. The number of nitrogens with one attached hydrogen (secondary N) is 2. The van der Waals surface area contributed by atoms with E-state index in [2.05, 4.69) is 20.7 Å². The van der Waals surface area contributed by atoms with Gasteiger partial charge >= 0.3 is 5.69 Å². The standard InChI is InChI=1S/C18H15N5O3/c1-12-17(23(25)26)16(21-19-12)18(24)22-20-15(13-8-4-2-5-9-13)14-10-6-3-7-11-14/h2-11H,1H3,(H,19,21)(H,22,24). The molecule has 0 atom stereocenters. The number of hydrazone groups is 1. The summed E-state index contributed by atoms with van der Waals surface area (Å²) in [6.45, 7) is 1.48. The van der Waals surface area contributed by atoms with Crippen molar-refractivity contribution in [3.05, 3.63) is 93.3 Å². The zero-order valence-electron chi connectivity index (χ0n) is 13.8. The van der Waals surface area contributed by atoms with Gasteiger partial charge in [-0.1, -0.05) is 60.7 Å². The molecule has 130 valence electrons. The Hall–Kier alpha value is -3.81. The van der Waals surface area contributed by atoms with Gasteiger partial charge in [-0.3, -0.25) is 20.0 Å². The van der Waals surface area contributed by atoms with Crippen LogP contribution in [0.2, 0.25) is 0 Å². The fourth-order valence-electron chi connectivity index (χ4n) is 2.45. The van der Waals surface area contributed by atoms with Gasteiger partial charge in [-0.15, -0.1) is 0 Å². The molecule has 1 amide bonds. The molecule has 3 aromatic rings. The molecule has 0 saturated carbocycles. The van der Waals surface area contributed by atoms with Gasteiger partial charge < -0.3 is 0 Å². The topological polar surface area (TPSA) is 113 Å². The van der Waals surface area contributed by atoms with Crippen molar-refractivity contribution in [2.75, 3.05) is 0 Å². The molecule has 3 rings (SSSR count). The van der Waals surface area contributed by atoms with Gasteiger partial charge in [-0.05, 0) is 6.92 Å². The minimum atomic E-state index is -0.759. The summed E-state index contributed by atoms with van der Waals surface area (Å²) < 4.78 is 0. The summed E-state index contributed by atoms with van der Waals surface area (Å²) in [5, 5.41) is 21.5. The molecule has 0 unspecified atom stereocenters. The monoisotopic (exact) mass is 349 g/mol. The molecule has 0 aliphatic rings. The van der Waals surface area contributed by atoms with Crippen LogP contribution in [0.3, 0.4) is 0 Å². The lowest BCUT2D eigenvalue weighted by molar-refractivity contribution is -0.385. The van der Waals surface area contributed by atoms with Gasteiger partial charge in [-0.25, -0.2) is 5.43 Å². The minimum Gasteiger partial charge on any atom is -0.275 e. The van der Waals surface area contributed by atoms with Crippen molar-refractivity contribution in [2.45, 2.75) is 6.92 Å².